The molecule has 1 aromatic heterocycles. The molecule has 0 aliphatic carbocycles. The van der Waals surface area contributed by atoms with Crippen LogP contribution in [-0.2, 0) is 4.79 Å². The van der Waals surface area contributed by atoms with Crippen molar-refractivity contribution in [1.29, 1.82) is 0 Å². The van der Waals surface area contributed by atoms with Gasteiger partial charge in [0.05, 0.1) is 7.11 Å². The van der Waals surface area contributed by atoms with E-state index in [4.69, 9.17) is 10.6 Å². The van der Waals surface area contributed by atoms with Crippen LogP contribution >= 0.6 is 27.7 Å². The third kappa shape index (κ3) is 4.81. The number of amides is 1. The van der Waals surface area contributed by atoms with Gasteiger partial charge in [0.25, 0.3) is 0 Å². The Balaban J connectivity index is 1.54. The summed E-state index contributed by atoms with van der Waals surface area (Å²) in [6.45, 7) is 0. The van der Waals surface area contributed by atoms with E-state index in [0.717, 1.165) is 21.5 Å². The fourth-order valence-corrected chi connectivity index (χ4v) is 3.59. The summed E-state index contributed by atoms with van der Waals surface area (Å²) in [7, 11) is 1.60. The summed E-state index contributed by atoms with van der Waals surface area (Å²) in [4.78, 5) is 12.1. The number of nitrogens with one attached hydrogen (secondary N) is 1. The molecule has 0 radical (unpaired) electrons. The average molecular weight is 448 g/mol. The normalized spacial score (nSPS) is 10.6. The van der Waals surface area contributed by atoms with Gasteiger partial charge in [-0.15, -0.1) is 10.2 Å². The highest BCUT2D eigenvalue weighted by molar-refractivity contribution is 9.10. The molecule has 3 aromatic rings. The molecule has 140 valence electrons. The molecule has 2 aromatic carbocycles. The lowest BCUT2D eigenvalue weighted by atomic mass is 10.2. The van der Waals surface area contributed by atoms with Gasteiger partial charge >= 0.3 is 0 Å². The van der Waals surface area contributed by atoms with Gasteiger partial charge in [-0.1, -0.05) is 39.8 Å². The van der Waals surface area contributed by atoms with E-state index in [1.165, 1.54) is 16.4 Å². The third-order valence-corrected chi connectivity index (χ3v) is 5.35. The van der Waals surface area contributed by atoms with Crippen molar-refractivity contribution in [3.8, 4) is 17.1 Å². The summed E-state index contributed by atoms with van der Waals surface area (Å²) >= 11 is 4.87. The van der Waals surface area contributed by atoms with Gasteiger partial charge in [0.15, 0.2) is 5.82 Å². The standard InChI is InChI=1S/C18H18BrN5O2S/c1-26-13-8-6-12(7-9-13)21-16(25)10-11-27-18-23-22-17(24(18)20)14-4-2-3-5-15(14)19/h2-9H,10-11,20H2,1H3,(H,21,25). The van der Waals surface area contributed by atoms with E-state index >= 15 is 0 Å². The molecule has 0 bridgehead atoms. The molecule has 0 atom stereocenters. The molecule has 3 rings (SSSR count). The van der Waals surface area contributed by atoms with Crippen LogP contribution < -0.4 is 15.9 Å². The summed E-state index contributed by atoms with van der Waals surface area (Å²) in [6.07, 6.45) is 0.327. The van der Waals surface area contributed by atoms with Crippen LogP contribution in [0.2, 0.25) is 0 Å². The Bertz CT molecular complexity index is 930. The smallest absolute Gasteiger partial charge is 0.225 e. The molecule has 0 saturated carbocycles. The predicted octanol–water partition coefficient (Wildman–Crippen LogP) is 3.55. The van der Waals surface area contributed by atoms with Crippen LogP contribution in [0.1, 0.15) is 6.42 Å². The lowest BCUT2D eigenvalue weighted by Crippen LogP contribution is -2.14. The fourth-order valence-electron chi connectivity index (χ4n) is 2.33. The van der Waals surface area contributed by atoms with E-state index in [0.29, 0.717) is 23.2 Å². The number of carbonyl (C=O) groups is 1. The maximum atomic E-state index is 12.1. The topological polar surface area (TPSA) is 95.1 Å². The number of rotatable bonds is 7. The number of carbonyl (C=O) groups excluding carboxylic acids is 1. The second-order valence-corrected chi connectivity index (χ2v) is 7.45. The monoisotopic (exact) mass is 447 g/mol. The number of thioether (sulfide) groups is 1. The van der Waals surface area contributed by atoms with Crippen molar-refractivity contribution in [2.45, 2.75) is 11.6 Å². The Morgan fingerprint density at radius 3 is 2.67 bits per heavy atom. The number of benzene rings is 2. The van der Waals surface area contributed by atoms with Gasteiger partial charge in [0.2, 0.25) is 11.1 Å². The molecular formula is C18H18BrN5O2S. The number of nitrogens with two attached hydrogens (primary N) is 1. The predicted molar refractivity (Wildman–Crippen MR) is 110 cm³/mol. The fraction of sp³-hybridized carbons (Fsp3) is 0.167. The molecule has 27 heavy (non-hydrogen) atoms. The minimum atomic E-state index is -0.0817. The average Bonchev–Trinajstić information content (AvgIpc) is 3.03. The molecule has 1 heterocycles. The van der Waals surface area contributed by atoms with Crippen LogP contribution in [0.5, 0.6) is 5.75 Å². The number of nitrogens with zero attached hydrogens (tertiary/aromatic N) is 3. The first-order valence-corrected chi connectivity index (χ1v) is 9.88. The van der Waals surface area contributed by atoms with Crippen molar-refractivity contribution in [2.75, 3.05) is 24.0 Å². The lowest BCUT2D eigenvalue weighted by molar-refractivity contribution is -0.115. The molecule has 0 aliphatic heterocycles. The molecule has 0 saturated heterocycles. The molecule has 0 unspecified atom stereocenters. The van der Waals surface area contributed by atoms with Crippen molar-refractivity contribution in [3.05, 3.63) is 53.0 Å². The summed E-state index contributed by atoms with van der Waals surface area (Å²) in [6, 6.07) is 14.8. The zero-order chi connectivity index (χ0) is 19.2. The first-order chi connectivity index (χ1) is 13.1. The SMILES string of the molecule is COc1ccc(NC(=O)CCSc2nnc(-c3ccccc3Br)n2N)cc1. The third-order valence-electron chi connectivity index (χ3n) is 3.71. The van der Waals surface area contributed by atoms with Crippen LogP contribution in [0.25, 0.3) is 11.4 Å². The van der Waals surface area contributed by atoms with Crippen LogP contribution in [0, 0.1) is 0 Å². The van der Waals surface area contributed by atoms with E-state index in [1.54, 1.807) is 31.4 Å². The van der Waals surface area contributed by atoms with Crippen molar-refractivity contribution in [3.63, 3.8) is 0 Å². The molecule has 0 aliphatic rings. The highest BCUT2D eigenvalue weighted by atomic mass is 79.9. The van der Waals surface area contributed by atoms with Gasteiger partial charge in [-0.2, -0.15) is 0 Å². The molecule has 0 fully saturated rings. The van der Waals surface area contributed by atoms with Crippen molar-refractivity contribution < 1.29 is 9.53 Å². The number of methoxy groups -OCH3 is 1. The molecule has 0 spiro atoms. The lowest BCUT2D eigenvalue weighted by Gasteiger charge is -2.07. The first-order valence-electron chi connectivity index (χ1n) is 8.10. The Labute approximate surface area is 169 Å². The molecule has 7 nitrogen and oxygen atoms in total. The highest BCUT2D eigenvalue weighted by Crippen LogP contribution is 2.28. The van der Waals surface area contributed by atoms with Gasteiger partial charge in [-0.3, -0.25) is 4.79 Å². The molecule has 1 amide bonds. The number of halogens is 1. The van der Waals surface area contributed by atoms with Gasteiger partial charge in [-0.05, 0) is 36.4 Å². The second-order valence-electron chi connectivity index (χ2n) is 5.53. The van der Waals surface area contributed by atoms with E-state index in [2.05, 4.69) is 31.4 Å². The summed E-state index contributed by atoms with van der Waals surface area (Å²) < 4.78 is 7.42. The zero-order valence-corrected chi connectivity index (χ0v) is 17.0. The zero-order valence-electron chi connectivity index (χ0n) is 14.6. The summed E-state index contributed by atoms with van der Waals surface area (Å²) in [5.41, 5.74) is 1.58. The van der Waals surface area contributed by atoms with Crippen LogP contribution in [0.15, 0.2) is 58.2 Å². The maximum absolute atomic E-state index is 12.1. The first kappa shape index (κ1) is 19.2. The Hall–Kier alpha value is -2.52. The largest absolute Gasteiger partial charge is 0.497 e. The molecular weight excluding hydrogens is 430 g/mol. The second kappa shape index (κ2) is 8.92. The quantitative estimate of drug-likeness (QED) is 0.424. The van der Waals surface area contributed by atoms with Crippen molar-refractivity contribution >= 4 is 39.3 Å². The Morgan fingerprint density at radius 1 is 1.22 bits per heavy atom. The number of ether oxygens (including phenoxy) is 1. The number of hydrogen-bond acceptors (Lipinski definition) is 6. The minimum absolute atomic E-state index is 0.0817. The number of hydrogen-bond donors (Lipinski definition) is 2. The van der Waals surface area contributed by atoms with E-state index in [9.17, 15) is 4.79 Å². The minimum Gasteiger partial charge on any atom is -0.497 e. The van der Waals surface area contributed by atoms with Gasteiger partial charge in [0, 0.05) is 27.9 Å². The van der Waals surface area contributed by atoms with Gasteiger partial charge in [-0.25, -0.2) is 4.68 Å². The van der Waals surface area contributed by atoms with Crippen molar-refractivity contribution in [2.24, 2.45) is 0 Å². The van der Waals surface area contributed by atoms with E-state index < -0.39 is 0 Å². The van der Waals surface area contributed by atoms with E-state index in [1.807, 2.05) is 24.3 Å². The number of nitrogen functional groups attached to an aromatic ring is 1. The summed E-state index contributed by atoms with van der Waals surface area (Å²) in [5, 5.41) is 11.7. The molecule has 3 N–H and O–H groups in total. The Morgan fingerprint density at radius 2 is 1.96 bits per heavy atom. The molecule has 9 heteroatoms. The van der Waals surface area contributed by atoms with Crippen molar-refractivity contribution in [1.82, 2.24) is 14.9 Å². The highest BCUT2D eigenvalue weighted by Gasteiger charge is 2.14. The van der Waals surface area contributed by atoms with Crippen LogP contribution in [-0.4, -0.2) is 33.6 Å². The van der Waals surface area contributed by atoms with Gasteiger partial charge in [0.1, 0.15) is 5.75 Å². The van der Waals surface area contributed by atoms with Crippen LogP contribution in [0.3, 0.4) is 0 Å². The van der Waals surface area contributed by atoms with E-state index in [-0.39, 0.29) is 5.91 Å². The number of anilines is 1. The van der Waals surface area contributed by atoms with Gasteiger partial charge < -0.3 is 15.9 Å². The maximum Gasteiger partial charge on any atom is 0.225 e. The van der Waals surface area contributed by atoms with Crippen LogP contribution in [0.4, 0.5) is 5.69 Å². The Kier molecular flexibility index (Phi) is 6.36. The summed E-state index contributed by atoms with van der Waals surface area (Å²) in [5.74, 6) is 7.87. The number of aromatic nitrogens is 3.